The number of rotatable bonds is 3. The minimum atomic E-state index is -1.09. The standard InChI is InChI=1S/C7H7N3O3/c11-6(12)4-8-7(13)5-1-2-9-10-3-5/h1-3H,4H2,(H,8,13)(H,11,12). The first-order valence-corrected chi connectivity index (χ1v) is 3.47. The molecule has 1 aromatic heterocycles. The third kappa shape index (κ3) is 2.86. The number of hydrogen-bond donors (Lipinski definition) is 2. The van der Waals surface area contributed by atoms with Gasteiger partial charge in [-0.05, 0) is 6.07 Å². The van der Waals surface area contributed by atoms with Crippen LogP contribution in [0.2, 0.25) is 0 Å². The highest BCUT2D eigenvalue weighted by Gasteiger charge is 2.05. The summed E-state index contributed by atoms with van der Waals surface area (Å²) in [6.07, 6.45) is 2.62. The van der Waals surface area contributed by atoms with E-state index in [1.807, 2.05) is 0 Å². The molecule has 0 aliphatic rings. The summed E-state index contributed by atoms with van der Waals surface area (Å²) in [5, 5.41) is 17.4. The zero-order chi connectivity index (χ0) is 9.68. The fourth-order valence-electron chi connectivity index (χ4n) is 0.683. The molecule has 0 saturated heterocycles. The summed E-state index contributed by atoms with van der Waals surface area (Å²) in [5.74, 6) is -1.56. The third-order valence-electron chi connectivity index (χ3n) is 1.25. The molecule has 1 amide bonds. The Morgan fingerprint density at radius 2 is 2.23 bits per heavy atom. The van der Waals surface area contributed by atoms with Crippen LogP contribution in [0.5, 0.6) is 0 Å². The van der Waals surface area contributed by atoms with Crippen LogP contribution in [0, 0.1) is 0 Å². The second kappa shape index (κ2) is 4.15. The molecule has 0 spiro atoms. The van der Waals surface area contributed by atoms with E-state index in [4.69, 9.17) is 5.11 Å². The number of carboxylic acid groups (broad SMARTS) is 1. The van der Waals surface area contributed by atoms with Gasteiger partial charge in [-0.1, -0.05) is 0 Å². The number of hydrogen-bond acceptors (Lipinski definition) is 4. The third-order valence-corrected chi connectivity index (χ3v) is 1.25. The fourth-order valence-corrected chi connectivity index (χ4v) is 0.683. The summed E-state index contributed by atoms with van der Waals surface area (Å²) in [6.45, 7) is -0.402. The first-order chi connectivity index (χ1) is 6.20. The van der Waals surface area contributed by atoms with Crippen molar-refractivity contribution in [1.29, 1.82) is 0 Å². The Hall–Kier alpha value is -1.98. The Balaban J connectivity index is 2.54. The molecule has 0 aromatic carbocycles. The number of carboxylic acids is 1. The van der Waals surface area contributed by atoms with E-state index < -0.39 is 18.4 Å². The summed E-state index contributed by atoms with van der Waals surface area (Å²) < 4.78 is 0. The van der Waals surface area contributed by atoms with E-state index in [2.05, 4.69) is 15.5 Å². The van der Waals surface area contributed by atoms with Crippen LogP contribution in [0.15, 0.2) is 18.5 Å². The SMILES string of the molecule is O=C(O)CNC(=O)c1ccnnc1. The van der Waals surface area contributed by atoms with Crippen LogP contribution in [-0.4, -0.2) is 33.7 Å². The Kier molecular flexibility index (Phi) is 2.91. The highest BCUT2D eigenvalue weighted by atomic mass is 16.4. The van der Waals surface area contributed by atoms with Crippen molar-refractivity contribution in [2.75, 3.05) is 6.54 Å². The lowest BCUT2D eigenvalue weighted by Crippen LogP contribution is -2.29. The maximum atomic E-state index is 11.1. The van der Waals surface area contributed by atoms with Gasteiger partial charge >= 0.3 is 5.97 Å². The Labute approximate surface area is 73.6 Å². The highest BCUT2D eigenvalue weighted by Crippen LogP contribution is 1.92. The zero-order valence-electron chi connectivity index (χ0n) is 6.60. The van der Waals surface area contributed by atoms with Crippen LogP contribution in [0.4, 0.5) is 0 Å². The molecule has 1 aromatic rings. The van der Waals surface area contributed by atoms with Gasteiger partial charge in [0.2, 0.25) is 0 Å². The van der Waals surface area contributed by atoms with Gasteiger partial charge in [-0.2, -0.15) is 10.2 Å². The monoisotopic (exact) mass is 181 g/mol. The van der Waals surface area contributed by atoms with Crippen LogP contribution >= 0.6 is 0 Å². The van der Waals surface area contributed by atoms with Crippen molar-refractivity contribution < 1.29 is 14.7 Å². The van der Waals surface area contributed by atoms with E-state index in [0.717, 1.165) is 0 Å². The van der Waals surface area contributed by atoms with Crippen molar-refractivity contribution in [3.63, 3.8) is 0 Å². The maximum Gasteiger partial charge on any atom is 0.322 e. The average Bonchev–Trinajstić information content (AvgIpc) is 2.15. The lowest BCUT2D eigenvalue weighted by Gasteiger charge is -1.99. The first-order valence-electron chi connectivity index (χ1n) is 3.47. The largest absolute Gasteiger partial charge is 0.480 e. The average molecular weight is 181 g/mol. The van der Waals surface area contributed by atoms with Gasteiger partial charge < -0.3 is 10.4 Å². The Bertz CT molecular complexity index is 312. The van der Waals surface area contributed by atoms with E-state index >= 15 is 0 Å². The number of nitrogens with one attached hydrogen (secondary N) is 1. The van der Waals surface area contributed by atoms with Crippen LogP contribution in [0.25, 0.3) is 0 Å². The molecule has 0 atom stereocenters. The van der Waals surface area contributed by atoms with E-state index in [1.54, 1.807) is 0 Å². The Morgan fingerprint density at radius 3 is 2.77 bits per heavy atom. The normalized spacial score (nSPS) is 9.23. The molecule has 1 heterocycles. The molecule has 0 aliphatic carbocycles. The first kappa shape index (κ1) is 9.11. The van der Waals surface area contributed by atoms with Gasteiger partial charge in [0.25, 0.3) is 5.91 Å². The minimum Gasteiger partial charge on any atom is -0.480 e. The molecular formula is C7H7N3O3. The number of aromatic nitrogens is 2. The van der Waals surface area contributed by atoms with Gasteiger partial charge in [-0.3, -0.25) is 9.59 Å². The molecule has 68 valence electrons. The van der Waals surface area contributed by atoms with Crippen molar-refractivity contribution in [2.45, 2.75) is 0 Å². The lowest BCUT2D eigenvalue weighted by molar-refractivity contribution is -0.135. The molecule has 0 radical (unpaired) electrons. The number of carbonyl (C=O) groups is 2. The van der Waals surface area contributed by atoms with Gasteiger partial charge in [0.15, 0.2) is 0 Å². The summed E-state index contributed by atoms with van der Waals surface area (Å²) in [7, 11) is 0. The second-order valence-corrected chi connectivity index (χ2v) is 2.21. The number of amides is 1. The van der Waals surface area contributed by atoms with Gasteiger partial charge in [-0.25, -0.2) is 0 Å². The van der Waals surface area contributed by atoms with Gasteiger partial charge in [0.1, 0.15) is 6.54 Å². The van der Waals surface area contributed by atoms with Crippen molar-refractivity contribution >= 4 is 11.9 Å². The number of carbonyl (C=O) groups excluding carboxylic acids is 1. The molecule has 13 heavy (non-hydrogen) atoms. The quantitative estimate of drug-likeness (QED) is 0.642. The maximum absolute atomic E-state index is 11.1. The minimum absolute atomic E-state index is 0.288. The topological polar surface area (TPSA) is 92.2 Å². The van der Waals surface area contributed by atoms with Crippen LogP contribution < -0.4 is 5.32 Å². The predicted octanol–water partition coefficient (Wildman–Crippen LogP) is -0.709. The molecule has 2 N–H and O–H groups in total. The highest BCUT2D eigenvalue weighted by molar-refractivity contribution is 5.95. The number of nitrogens with zero attached hydrogens (tertiary/aromatic N) is 2. The molecular weight excluding hydrogens is 174 g/mol. The number of aliphatic carboxylic acids is 1. The molecule has 0 saturated carbocycles. The van der Waals surface area contributed by atoms with Crippen molar-refractivity contribution in [1.82, 2.24) is 15.5 Å². The van der Waals surface area contributed by atoms with E-state index in [1.165, 1.54) is 18.5 Å². The fraction of sp³-hybridized carbons (Fsp3) is 0.143. The van der Waals surface area contributed by atoms with E-state index in [-0.39, 0.29) is 5.56 Å². The zero-order valence-corrected chi connectivity index (χ0v) is 6.60. The second-order valence-electron chi connectivity index (χ2n) is 2.21. The van der Waals surface area contributed by atoms with E-state index in [9.17, 15) is 9.59 Å². The van der Waals surface area contributed by atoms with Crippen LogP contribution in [0.1, 0.15) is 10.4 Å². The molecule has 6 heteroatoms. The molecule has 6 nitrogen and oxygen atoms in total. The predicted molar refractivity (Wildman–Crippen MR) is 42.0 cm³/mol. The summed E-state index contributed by atoms with van der Waals surface area (Å²) in [4.78, 5) is 21.2. The molecule has 0 fully saturated rings. The van der Waals surface area contributed by atoms with Crippen LogP contribution in [0.3, 0.4) is 0 Å². The van der Waals surface area contributed by atoms with Crippen molar-refractivity contribution in [3.8, 4) is 0 Å². The summed E-state index contributed by atoms with van der Waals surface area (Å²) >= 11 is 0. The van der Waals surface area contributed by atoms with Crippen molar-refractivity contribution in [3.05, 3.63) is 24.0 Å². The van der Waals surface area contributed by atoms with Gasteiger partial charge in [-0.15, -0.1) is 0 Å². The Morgan fingerprint density at radius 1 is 1.46 bits per heavy atom. The molecule has 0 aliphatic heterocycles. The van der Waals surface area contributed by atoms with Gasteiger partial charge in [0, 0.05) is 0 Å². The van der Waals surface area contributed by atoms with E-state index in [0.29, 0.717) is 0 Å². The van der Waals surface area contributed by atoms with Crippen LogP contribution in [-0.2, 0) is 4.79 Å². The molecule has 1 rings (SSSR count). The molecule has 0 unspecified atom stereocenters. The lowest BCUT2D eigenvalue weighted by atomic mass is 10.3. The molecule has 0 bridgehead atoms. The summed E-state index contributed by atoms with van der Waals surface area (Å²) in [6, 6.07) is 1.45. The summed E-state index contributed by atoms with van der Waals surface area (Å²) in [5.41, 5.74) is 0.288. The van der Waals surface area contributed by atoms with Crippen molar-refractivity contribution in [2.24, 2.45) is 0 Å². The van der Waals surface area contributed by atoms with Gasteiger partial charge in [0.05, 0.1) is 18.0 Å². The smallest absolute Gasteiger partial charge is 0.322 e.